The number of imide groups is 2. The monoisotopic (exact) mass is 463 g/mol. The number of anilines is 2. The van der Waals surface area contributed by atoms with E-state index in [1.807, 2.05) is 4.90 Å². The third-order valence-electron chi connectivity index (χ3n) is 4.44. The first-order valence-electron chi connectivity index (χ1n) is 8.73. The summed E-state index contributed by atoms with van der Waals surface area (Å²) in [5.74, 6) is -1.53. The summed E-state index contributed by atoms with van der Waals surface area (Å²) in [5.41, 5.74) is -0.288. The maximum Gasteiger partial charge on any atom is 0.335 e. The van der Waals surface area contributed by atoms with Gasteiger partial charge in [0.2, 0.25) is 5.88 Å². The molecule has 2 aromatic rings. The maximum atomic E-state index is 13.5. The van der Waals surface area contributed by atoms with Crippen LogP contribution in [0, 0.1) is 5.82 Å². The van der Waals surface area contributed by atoms with Gasteiger partial charge in [0.1, 0.15) is 17.2 Å². The van der Waals surface area contributed by atoms with Gasteiger partial charge in [0.05, 0.1) is 23.4 Å². The summed E-state index contributed by atoms with van der Waals surface area (Å²) in [6, 6.07) is 5.66. The minimum Gasteiger partial charge on any atom is -0.440 e. The first-order chi connectivity index (χ1) is 13.9. The predicted octanol–water partition coefficient (Wildman–Crippen LogP) is 2.68. The second-order valence-electron chi connectivity index (χ2n) is 6.34. The molecule has 1 aromatic heterocycles. The molecule has 0 aliphatic carbocycles. The van der Waals surface area contributed by atoms with Gasteiger partial charge in [-0.05, 0) is 40.2 Å². The Kier molecular flexibility index (Phi) is 5.20. The van der Waals surface area contributed by atoms with Crippen LogP contribution >= 0.6 is 15.9 Å². The van der Waals surface area contributed by atoms with E-state index in [-0.39, 0.29) is 17.0 Å². The number of barbiturate groups is 1. The maximum absolute atomic E-state index is 13.5. The molecule has 29 heavy (non-hydrogen) atoms. The highest BCUT2D eigenvalue weighted by atomic mass is 79.9. The van der Waals surface area contributed by atoms with Gasteiger partial charge in [-0.1, -0.05) is 6.07 Å². The zero-order valence-corrected chi connectivity index (χ0v) is 16.6. The van der Waals surface area contributed by atoms with E-state index in [1.54, 1.807) is 6.07 Å². The molecule has 4 rings (SSSR count). The Hall–Kier alpha value is -2.98. The number of halogens is 2. The normalized spacial score (nSPS) is 19.1. The Balaban J connectivity index is 1.66. The second kappa shape index (κ2) is 7.80. The first-order valence-corrected chi connectivity index (χ1v) is 9.52. The molecular formula is C19H15BrFN3O5. The molecule has 0 radical (unpaired) electrons. The van der Waals surface area contributed by atoms with Gasteiger partial charge in [-0.15, -0.1) is 0 Å². The van der Waals surface area contributed by atoms with Crippen molar-refractivity contribution in [3.63, 3.8) is 0 Å². The van der Waals surface area contributed by atoms with Crippen molar-refractivity contribution in [1.82, 2.24) is 5.32 Å². The fraction of sp³-hybridized carbons (Fsp3) is 0.211. The number of ether oxygens (including phenoxy) is 1. The fourth-order valence-electron chi connectivity index (χ4n) is 3.08. The lowest BCUT2D eigenvalue weighted by Crippen LogP contribution is -2.54. The number of amides is 4. The van der Waals surface area contributed by atoms with Gasteiger partial charge in [0, 0.05) is 19.2 Å². The van der Waals surface area contributed by atoms with Crippen molar-refractivity contribution in [3.8, 4) is 0 Å². The van der Waals surface area contributed by atoms with E-state index >= 15 is 0 Å². The first kappa shape index (κ1) is 19.3. The van der Waals surface area contributed by atoms with E-state index in [9.17, 15) is 18.8 Å². The molecule has 8 nitrogen and oxygen atoms in total. The highest BCUT2D eigenvalue weighted by Crippen LogP contribution is 2.32. The molecule has 0 spiro atoms. The van der Waals surface area contributed by atoms with Crippen molar-refractivity contribution in [1.29, 1.82) is 0 Å². The number of hydrogen-bond donors (Lipinski definition) is 1. The van der Waals surface area contributed by atoms with Gasteiger partial charge in [0.15, 0.2) is 0 Å². The van der Waals surface area contributed by atoms with E-state index in [0.717, 1.165) is 6.07 Å². The summed E-state index contributed by atoms with van der Waals surface area (Å²) in [7, 11) is 0. The van der Waals surface area contributed by atoms with Crippen LogP contribution in [0.25, 0.3) is 6.08 Å². The number of carbonyl (C=O) groups excluding carboxylic acids is 3. The van der Waals surface area contributed by atoms with Gasteiger partial charge < -0.3 is 14.1 Å². The summed E-state index contributed by atoms with van der Waals surface area (Å²) in [5, 5.41) is 2.09. The standard InChI is InChI=1S/C19H15BrFN3O5/c20-15-10-13(29-18(15)23-4-6-28-7-5-23)9-14-16(25)22-19(27)24(17(14)26)12-3-1-2-11(21)8-12/h1-3,8-10H,4-7H2,(H,22,25,27)/b14-9+. The number of rotatable bonds is 3. The van der Waals surface area contributed by atoms with Crippen LogP contribution in [-0.2, 0) is 14.3 Å². The lowest BCUT2D eigenvalue weighted by Gasteiger charge is -2.26. The van der Waals surface area contributed by atoms with Crippen LogP contribution < -0.4 is 15.1 Å². The Morgan fingerprint density at radius 1 is 1.14 bits per heavy atom. The summed E-state index contributed by atoms with van der Waals surface area (Å²) in [4.78, 5) is 39.9. The van der Waals surface area contributed by atoms with Gasteiger partial charge in [-0.3, -0.25) is 14.9 Å². The SMILES string of the molecule is O=C1NC(=O)N(c2cccc(F)c2)C(=O)/C1=C/c1cc(Br)c(N2CCOCC2)o1. The zero-order chi connectivity index (χ0) is 20.5. The molecule has 150 valence electrons. The molecule has 1 aromatic carbocycles. The molecule has 10 heteroatoms. The van der Waals surface area contributed by atoms with E-state index in [0.29, 0.717) is 41.6 Å². The van der Waals surface area contributed by atoms with Gasteiger partial charge in [-0.2, -0.15) is 0 Å². The van der Waals surface area contributed by atoms with E-state index < -0.39 is 23.7 Å². The second-order valence-corrected chi connectivity index (χ2v) is 7.19. The lowest BCUT2D eigenvalue weighted by molar-refractivity contribution is -0.122. The molecule has 0 atom stereocenters. The summed E-state index contributed by atoms with van der Waals surface area (Å²) >= 11 is 3.42. The van der Waals surface area contributed by atoms with Crippen molar-refractivity contribution < 1.29 is 27.9 Å². The highest BCUT2D eigenvalue weighted by Gasteiger charge is 2.37. The highest BCUT2D eigenvalue weighted by molar-refractivity contribution is 9.10. The Morgan fingerprint density at radius 2 is 1.90 bits per heavy atom. The van der Waals surface area contributed by atoms with E-state index in [2.05, 4.69) is 21.2 Å². The number of hydrogen-bond acceptors (Lipinski definition) is 6. The lowest BCUT2D eigenvalue weighted by atomic mass is 10.1. The smallest absolute Gasteiger partial charge is 0.335 e. The van der Waals surface area contributed by atoms with Crippen molar-refractivity contribution in [2.45, 2.75) is 0 Å². The van der Waals surface area contributed by atoms with Crippen LogP contribution in [0.4, 0.5) is 20.8 Å². The van der Waals surface area contributed by atoms with Crippen LogP contribution in [0.1, 0.15) is 5.76 Å². The van der Waals surface area contributed by atoms with E-state index in [1.165, 1.54) is 24.3 Å². The Bertz CT molecular complexity index is 1030. The molecule has 4 amide bonds. The molecule has 0 saturated carbocycles. The van der Waals surface area contributed by atoms with Crippen LogP contribution in [-0.4, -0.2) is 44.1 Å². The molecule has 1 N–H and O–H groups in total. The third kappa shape index (κ3) is 3.81. The quantitative estimate of drug-likeness (QED) is 0.555. The van der Waals surface area contributed by atoms with Crippen molar-refractivity contribution in [3.05, 3.63) is 52.0 Å². The van der Waals surface area contributed by atoms with Crippen LogP contribution in [0.5, 0.6) is 0 Å². The average molecular weight is 464 g/mol. The fourth-order valence-corrected chi connectivity index (χ4v) is 3.64. The summed E-state index contributed by atoms with van der Waals surface area (Å²) in [6.45, 7) is 2.41. The number of carbonyl (C=O) groups is 3. The van der Waals surface area contributed by atoms with Crippen molar-refractivity contribution >= 4 is 51.4 Å². The minimum atomic E-state index is -0.947. The van der Waals surface area contributed by atoms with Crippen molar-refractivity contribution in [2.24, 2.45) is 0 Å². The predicted molar refractivity (Wildman–Crippen MR) is 105 cm³/mol. The summed E-state index contributed by atoms with van der Waals surface area (Å²) < 4.78 is 25.3. The number of morpholine rings is 1. The largest absolute Gasteiger partial charge is 0.440 e. The summed E-state index contributed by atoms with van der Waals surface area (Å²) in [6.07, 6.45) is 1.26. The van der Waals surface area contributed by atoms with Crippen molar-refractivity contribution in [2.75, 3.05) is 36.1 Å². The molecule has 0 unspecified atom stereocenters. The number of furan rings is 1. The minimum absolute atomic E-state index is 0.0144. The van der Waals surface area contributed by atoms with Gasteiger partial charge >= 0.3 is 6.03 Å². The zero-order valence-electron chi connectivity index (χ0n) is 15.0. The number of urea groups is 1. The molecule has 2 saturated heterocycles. The third-order valence-corrected chi connectivity index (χ3v) is 5.01. The van der Waals surface area contributed by atoms with Gasteiger partial charge in [-0.25, -0.2) is 14.1 Å². The number of nitrogens with one attached hydrogen (secondary N) is 1. The van der Waals surface area contributed by atoms with Gasteiger partial charge in [0.25, 0.3) is 11.8 Å². The number of benzene rings is 1. The Morgan fingerprint density at radius 3 is 2.62 bits per heavy atom. The topological polar surface area (TPSA) is 92.1 Å². The molecule has 0 bridgehead atoms. The average Bonchev–Trinajstić information content (AvgIpc) is 3.06. The van der Waals surface area contributed by atoms with Crippen LogP contribution in [0.15, 0.2) is 44.8 Å². The van der Waals surface area contributed by atoms with Crippen LogP contribution in [0.3, 0.4) is 0 Å². The van der Waals surface area contributed by atoms with E-state index in [4.69, 9.17) is 9.15 Å². The molecule has 2 aliphatic heterocycles. The molecule has 2 aliphatic rings. The molecule has 2 fully saturated rings. The Labute approximate surface area is 173 Å². The molecule has 3 heterocycles. The van der Waals surface area contributed by atoms with Crippen LogP contribution in [0.2, 0.25) is 0 Å². The molecular weight excluding hydrogens is 449 g/mol. The number of nitrogens with zero attached hydrogens (tertiary/aromatic N) is 2.